The number of ether oxygens (including phenoxy) is 2. The van der Waals surface area contributed by atoms with Crippen LogP contribution in [0, 0.1) is 0 Å². The minimum absolute atomic E-state index is 0.120. The van der Waals surface area contributed by atoms with E-state index in [4.69, 9.17) is 9.47 Å². The summed E-state index contributed by atoms with van der Waals surface area (Å²) in [5.41, 5.74) is 1.26. The van der Waals surface area contributed by atoms with Crippen molar-refractivity contribution in [2.45, 2.75) is 25.0 Å². The molecule has 0 aliphatic heterocycles. The number of hydrogen-bond acceptors (Lipinski definition) is 9. The van der Waals surface area contributed by atoms with Crippen molar-refractivity contribution in [3.05, 3.63) is 107 Å². The smallest absolute Gasteiger partial charge is 0.152 e. The van der Waals surface area contributed by atoms with E-state index >= 15 is 0 Å². The molecule has 0 aromatic heterocycles. The topological polar surface area (TPSA) is 157 Å². The van der Waals surface area contributed by atoms with Crippen molar-refractivity contribution < 1.29 is 44.9 Å². The Balaban J connectivity index is 1.70. The number of ketones is 1. The van der Waals surface area contributed by atoms with Crippen molar-refractivity contribution >= 4 is 5.78 Å². The van der Waals surface area contributed by atoms with Gasteiger partial charge in [0.15, 0.2) is 5.78 Å². The van der Waals surface area contributed by atoms with Gasteiger partial charge in [-0.25, -0.2) is 0 Å². The van der Waals surface area contributed by atoms with E-state index in [9.17, 15) is 35.4 Å². The van der Waals surface area contributed by atoms with Gasteiger partial charge >= 0.3 is 0 Å². The van der Waals surface area contributed by atoms with Gasteiger partial charge in [0.05, 0.1) is 38.3 Å². The SMILES string of the molecule is O=C(C(COCc1ccccc1)c1c(O)cc(O)cc1O)C(COCc1ccccc1)c1c(O)cc(O)cc1O. The number of aromatic hydroxyl groups is 6. The summed E-state index contributed by atoms with van der Waals surface area (Å²) in [6.45, 7) is -0.354. The quantitative estimate of drug-likeness (QED) is 0.147. The van der Waals surface area contributed by atoms with Crippen LogP contribution in [0.15, 0.2) is 84.9 Å². The second-order valence-electron chi connectivity index (χ2n) is 9.30. The highest BCUT2D eigenvalue weighted by Crippen LogP contribution is 2.44. The molecule has 0 bridgehead atoms. The lowest BCUT2D eigenvalue weighted by Crippen LogP contribution is -2.28. The largest absolute Gasteiger partial charge is 0.508 e. The average Bonchev–Trinajstić information content (AvgIpc) is 2.91. The first-order valence-electron chi connectivity index (χ1n) is 12.5. The van der Waals surface area contributed by atoms with E-state index in [1.54, 1.807) is 0 Å². The van der Waals surface area contributed by atoms with Crippen LogP contribution < -0.4 is 0 Å². The van der Waals surface area contributed by atoms with Crippen LogP contribution in [-0.4, -0.2) is 49.6 Å². The summed E-state index contributed by atoms with van der Waals surface area (Å²) in [6.07, 6.45) is 0. The van der Waals surface area contributed by atoms with Crippen molar-refractivity contribution in [3.8, 4) is 34.5 Å². The first-order chi connectivity index (χ1) is 19.2. The predicted octanol–water partition coefficient (Wildman–Crippen LogP) is 4.79. The fourth-order valence-corrected chi connectivity index (χ4v) is 4.53. The molecular formula is C31H30O9. The Morgan fingerprint density at radius 2 is 0.875 bits per heavy atom. The van der Waals surface area contributed by atoms with Crippen LogP contribution >= 0.6 is 0 Å². The maximum absolute atomic E-state index is 14.2. The Bertz CT molecular complexity index is 1280. The van der Waals surface area contributed by atoms with Crippen LogP contribution in [0.4, 0.5) is 0 Å². The Morgan fingerprint density at radius 1 is 0.550 bits per heavy atom. The molecule has 0 saturated heterocycles. The lowest BCUT2D eigenvalue weighted by Gasteiger charge is -2.25. The van der Waals surface area contributed by atoms with Crippen molar-refractivity contribution in [3.63, 3.8) is 0 Å². The first-order valence-corrected chi connectivity index (χ1v) is 12.5. The fourth-order valence-electron chi connectivity index (χ4n) is 4.53. The summed E-state index contributed by atoms with van der Waals surface area (Å²) in [5, 5.41) is 62.2. The third-order valence-electron chi connectivity index (χ3n) is 6.42. The van der Waals surface area contributed by atoms with E-state index in [-0.39, 0.29) is 37.6 Å². The number of benzene rings is 4. The molecule has 6 N–H and O–H groups in total. The van der Waals surface area contributed by atoms with Gasteiger partial charge in [-0.1, -0.05) is 60.7 Å². The van der Waals surface area contributed by atoms with E-state index in [1.807, 2.05) is 60.7 Å². The van der Waals surface area contributed by atoms with Crippen LogP contribution in [-0.2, 0) is 27.5 Å². The minimum Gasteiger partial charge on any atom is -0.508 e. The van der Waals surface area contributed by atoms with Crippen LogP contribution in [0.3, 0.4) is 0 Å². The Morgan fingerprint density at radius 3 is 1.20 bits per heavy atom. The Hall–Kier alpha value is -4.73. The second-order valence-corrected chi connectivity index (χ2v) is 9.30. The molecule has 0 aliphatic rings. The summed E-state index contributed by atoms with van der Waals surface area (Å²) >= 11 is 0. The standard InChI is InChI=1S/C31H30O9/c32-21-11-25(34)29(26(35)12-21)23(17-39-15-19-7-3-1-4-8-19)31(38)24(18-40-16-20-9-5-2-6-10-20)30-27(36)13-22(33)14-28(30)37/h1-14,23-24,32-37H,15-18H2. The molecule has 9 heteroatoms. The summed E-state index contributed by atoms with van der Waals surface area (Å²) in [6, 6.07) is 22.3. The van der Waals surface area contributed by atoms with Crippen LogP contribution in [0.25, 0.3) is 0 Å². The number of carbonyl (C=O) groups excluding carboxylic acids is 1. The number of phenols is 6. The molecule has 2 unspecified atom stereocenters. The zero-order valence-corrected chi connectivity index (χ0v) is 21.5. The Labute approximate surface area is 230 Å². The second kappa shape index (κ2) is 12.9. The molecule has 0 radical (unpaired) electrons. The molecule has 208 valence electrons. The summed E-state index contributed by atoms with van der Waals surface area (Å²) < 4.78 is 11.7. The molecule has 0 aliphatic carbocycles. The summed E-state index contributed by atoms with van der Waals surface area (Å²) in [7, 11) is 0. The summed E-state index contributed by atoms with van der Waals surface area (Å²) in [4.78, 5) is 14.2. The molecule has 0 spiro atoms. The van der Waals surface area contributed by atoms with Crippen molar-refractivity contribution in [2.75, 3.05) is 13.2 Å². The average molecular weight is 547 g/mol. The monoisotopic (exact) mass is 546 g/mol. The maximum atomic E-state index is 14.2. The molecular weight excluding hydrogens is 516 g/mol. The normalized spacial score (nSPS) is 12.6. The maximum Gasteiger partial charge on any atom is 0.152 e. The van der Waals surface area contributed by atoms with Gasteiger partial charge in [-0.3, -0.25) is 4.79 Å². The summed E-state index contributed by atoms with van der Waals surface area (Å²) in [5.74, 6) is -6.24. The molecule has 0 saturated carbocycles. The number of phenolic OH excluding ortho intramolecular Hbond substituents is 6. The molecule has 4 aromatic carbocycles. The molecule has 2 atom stereocenters. The van der Waals surface area contributed by atoms with E-state index in [0.717, 1.165) is 35.4 Å². The van der Waals surface area contributed by atoms with Gasteiger partial charge in [-0.2, -0.15) is 0 Å². The molecule has 0 fully saturated rings. The van der Waals surface area contributed by atoms with Crippen molar-refractivity contribution in [1.82, 2.24) is 0 Å². The number of Topliss-reactive ketones (excluding diaryl/α,β-unsaturated/α-hetero) is 1. The van der Waals surface area contributed by atoms with E-state index in [2.05, 4.69) is 0 Å². The van der Waals surface area contributed by atoms with Crippen molar-refractivity contribution in [1.29, 1.82) is 0 Å². The minimum atomic E-state index is -1.30. The van der Waals surface area contributed by atoms with Gasteiger partial charge in [-0.05, 0) is 11.1 Å². The molecule has 9 nitrogen and oxygen atoms in total. The molecule has 4 aromatic rings. The molecule has 0 heterocycles. The third-order valence-corrected chi connectivity index (χ3v) is 6.42. The zero-order valence-electron chi connectivity index (χ0n) is 21.5. The highest BCUT2D eigenvalue weighted by Gasteiger charge is 2.36. The Kier molecular flexibility index (Phi) is 9.11. The van der Waals surface area contributed by atoms with Crippen LogP contribution in [0.2, 0.25) is 0 Å². The van der Waals surface area contributed by atoms with Crippen LogP contribution in [0.1, 0.15) is 34.1 Å². The van der Waals surface area contributed by atoms with Gasteiger partial charge in [0, 0.05) is 35.4 Å². The fraction of sp³-hybridized carbons (Fsp3) is 0.194. The predicted molar refractivity (Wildman–Crippen MR) is 146 cm³/mol. The van der Waals surface area contributed by atoms with E-state index in [0.29, 0.717) is 0 Å². The lowest BCUT2D eigenvalue weighted by molar-refractivity contribution is -0.125. The number of hydrogen-bond donors (Lipinski definition) is 6. The zero-order chi connectivity index (χ0) is 28.6. The van der Waals surface area contributed by atoms with E-state index < -0.39 is 52.1 Å². The highest BCUT2D eigenvalue weighted by molar-refractivity contribution is 5.94. The van der Waals surface area contributed by atoms with E-state index in [1.165, 1.54) is 0 Å². The third kappa shape index (κ3) is 6.82. The van der Waals surface area contributed by atoms with Gasteiger partial charge in [-0.15, -0.1) is 0 Å². The van der Waals surface area contributed by atoms with Gasteiger partial charge in [0.1, 0.15) is 34.5 Å². The highest BCUT2D eigenvalue weighted by atomic mass is 16.5. The van der Waals surface area contributed by atoms with Crippen molar-refractivity contribution in [2.24, 2.45) is 0 Å². The van der Waals surface area contributed by atoms with Crippen LogP contribution in [0.5, 0.6) is 34.5 Å². The molecule has 0 amide bonds. The number of rotatable bonds is 12. The lowest BCUT2D eigenvalue weighted by atomic mass is 9.82. The van der Waals surface area contributed by atoms with Gasteiger partial charge in [0.25, 0.3) is 0 Å². The molecule has 40 heavy (non-hydrogen) atoms. The van der Waals surface area contributed by atoms with Gasteiger partial charge in [0.2, 0.25) is 0 Å². The first kappa shape index (κ1) is 28.3. The number of carbonyl (C=O) groups is 1. The van der Waals surface area contributed by atoms with Gasteiger partial charge < -0.3 is 40.1 Å². The molecule has 4 rings (SSSR count).